The van der Waals surface area contributed by atoms with Crippen LogP contribution < -0.4 is 5.32 Å². The molecule has 1 fully saturated rings. The van der Waals surface area contributed by atoms with Crippen LogP contribution in [0.2, 0.25) is 0 Å². The first kappa shape index (κ1) is 20.8. The summed E-state index contributed by atoms with van der Waals surface area (Å²) in [5.41, 5.74) is 0.868. The second kappa shape index (κ2) is 11.9. The number of rotatable bonds is 10. The predicted octanol–water partition coefficient (Wildman–Crippen LogP) is 5.37. The third-order valence-electron chi connectivity index (χ3n) is 5.48. The van der Waals surface area contributed by atoms with Crippen molar-refractivity contribution in [3.8, 4) is 0 Å². The fourth-order valence-electron chi connectivity index (χ4n) is 3.67. The van der Waals surface area contributed by atoms with E-state index in [4.69, 9.17) is 0 Å². The molecule has 1 aromatic carbocycles. The number of hydrogen-bond donors (Lipinski definition) is 1. The van der Waals surface area contributed by atoms with Gasteiger partial charge in [0.2, 0.25) is 0 Å². The van der Waals surface area contributed by atoms with Gasteiger partial charge in [-0.2, -0.15) is 0 Å². The number of anilines is 1. The molecule has 4 nitrogen and oxygen atoms in total. The van der Waals surface area contributed by atoms with E-state index in [1.165, 1.54) is 51.4 Å². The first-order valence-electron chi connectivity index (χ1n) is 10.6. The number of nitrogens with zero attached hydrogens (tertiary/aromatic N) is 2. The molecule has 0 aromatic heterocycles. The summed E-state index contributed by atoms with van der Waals surface area (Å²) in [5, 5.41) is 2.99. The van der Waals surface area contributed by atoms with Crippen LogP contribution in [-0.4, -0.2) is 48.1 Å². The molecule has 1 unspecified atom stereocenters. The number of carbonyl (C=O) groups excluding carboxylic acids is 1. The van der Waals surface area contributed by atoms with E-state index >= 15 is 0 Å². The molecule has 0 radical (unpaired) electrons. The van der Waals surface area contributed by atoms with E-state index in [0.717, 1.165) is 31.9 Å². The van der Waals surface area contributed by atoms with E-state index in [2.05, 4.69) is 24.1 Å². The lowest BCUT2D eigenvalue weighted by Crippen LogP contribution is -2.52. The van der Waals surface area contributed by atoms with E-state index in [1.807, 2.05) is 35.2 Å². The second-order valence-corrected chi connectivity index (χ2v) is 7.58. The third kappa shape index (κ3) is 7.36. The molecular weight excluding hydrogens is 322 g/mol. The predicted molar refractivity (Wildman–Crippen MR) is 111 cm³/mol. The first-order valence-corrected chi connectivity index (χ1v) is 10.6. The Morgan fingerprint density at radius 1 is 0.962 bits per heavy atom. The maximum Gasteiger partial charge on any atom is 0.321 e. The lowest BCUT2D eigenvalue weighted by Gasteiger charge is -2.38. The van der Waals surface area contributed by atoms with Gasteiger partial charge in [0.15, 0.2) is 0 Å². The highest BCUT2D eigenvalue weighted by Crippen LogP contribution is 2.15. The molecule has 1 N–H and O–H groups in total. The van der Waals surface area contributed by atoms with Crippen molar-refractivity contribution in [1.29, 1.82) is 0 Å². The van der Waals surface area contributed by atoms with Crippen LogP contribution in [0.5, 0.6) is 0 Å². The zero-order valence-electron chi connectivity index (χ0n) is 16.8. The van der Waals surface area contributed by atoms with Crippen LogP contribution in [0.25, 0.3) is 0 Å². The molecule has 146 valence electrons. The molecule has 4 heteroatoms. The molecule has 0 saturated carbocycles. The Hall–Kier alpha value is -1.55. The van der Waals surface area contributed by atoms with E-state index in [1.54, 1.807) is 0 Å². The summed E-state index contributed by atoms with van der Waals surface area (Å²) in [6, 6.07) is 10.4. The Kier molecular flexibility index (Phi) is 9.54. The Balaban J connectivity index is 1.59. The van der Waals surface area contributed by atoms with Crippen molar-refractivity contribution >= 4 is 11.7 Å². The Morgan fingerprint density at radius 3 is 2.23 bits per heavy atom. The van der Waals surface area contributed by atoms with Crippen LogP contribution in [0.3, 0.4) is 0 Å². The molecule has 1 aliphatic heterocycles. The minimum absolute atomic E-state index is 0.0237. The molecule has 2 rings (SSSR count). The highest BCUT2D eigenvalue weighted by Gasteiger charge is 2.23. The maximum atomic E-state index is 12.4. The van der Waals surface area contributed by atoms with Crippen molar-refractivity contribution in [2.24, 2.45) is 0 Å². The monoisotopic (exact) mass is 359 g/mol. The van der Waals surface area contributed by atoms with Gasteiger partial charge >= 0.3 is 6.03 Å². The smallest absolute Gasteiger partial charge is 0.321 e. The van der Waals surface area contributed by atoms with Gasteiger partial charge in [-0.1, -0.05) is 70.1 Å². The molecule has 1 heterocycles. The number of benzene rings is 1. The van der Waals surface area contributed by atoms with Crippen molar-refractivity contribution in [3.63, 3.8) is 0 Å². The quantitative estimate of drug-likeness (QED) is 0.570. The molecule has 26 heavy (non-hydrogen) atoms. The zero-order valence-corrected chi connectivity index (χ0v) is 16.8. The van der Waals surface area contributed by atoms with E-state index in [-0.39, 0.29) is 6.03 Å². The number of para-hydroxylation sites is 1. The zero-order chi connectivity index (χ0) is 18.6. The summed E-state index contributed by atoms with van der Waals surface area (Å²) < 4.78 is 0. The highest BCUT2D eigenvalue weighted by molar-refractivity contribution is 5.89. The van der Waals surface area contributed by atoms with Crippen LogP contribution in [0.4, 0.5) is 10.5 Å². The number of amides is 2. The van der Waals surface area contributed by atoms with Gasteiger partial charge in [-0.15, -0.1) is 0 Å². The van der Waals surface area contributed by atoms with Crippen LogP contribution in [0.1, 0.15) is 65.2 Å². The van der Waals surface area contributed by atoms with Gasteiger partial charge in [-0.25, -0.2) is 4.79 Å². The third-order valence-corrected chi connectivity index (χ3v) is 5.48. The van der Waals surface area contributed by atoms with E-state index in [0.29, 0.717) is 6.04 Å². The molecule has 1 atom stereocenters. The van der Waals surface area contributed by atoms with E-state index in [9.17, 15) is 4.79 Å². The summed E-state index contributed by atoms with van der Waals surface area (Å²) >= 11 is 0. The Bertz CT molecular complexity index is 497. The fourth-order valence-corrected chi connectivity index (χ4v) is 3.67. The number of piperazine rings is 1. The maximum absolute atomic E-state index is 12.4. The van der Waals surface area contributed by atoms with Crippen molar-refractivity contribution in [2.45, 2.75) is 71.3 Å². The number of carbonyl (C=O) groups is 1. The van der Waals surface area contributed by atoms with Crippen LogP contribution in [0.15, 0.2) is 30.3 Å². The van der Waals surface area contributed by atoms with Gasteiger partial charge in [-0.3, -0.25) is 4.90 Å². The largest absolute Gasteiger partial charge is 0.322 e. The summed E-state index contributed by atoms with van der Waals surface area (Å²) in [6.45, 7) is 8.23. The molecular formula is C22H37N3O. The van der Waals surface area contributed by atoms with Crippen LogP contribution >= 0.6 is 0 Å². The molecule has 0 aliphatic carbocycles. The average Bonchev–Trinajstić information content (AvgIpc) is 2.68. The van der Waals surface area contributed by atoms with Crippen LogP contribution in [-0.2, 0) is 0 Å². The van der Waals surface area contributed by atoms with E-state index < -0.39 is 0 Å². The second-order valence-electron chi connectivity index (χ2n) is 7.58. The van der Waals surface area contributed by atoms with Gasteiger partial charge in [-0.05, 0) is 25.5 Å². The number of urea groups is 1. The molecule has 1 saturated heterocycles. The summed E-state index contributed by atoms with van der Waals surface area (Å²) in [4.78, 5) is 16.8. The van der Waals surface area contributed by atoms with Gasteiger partial charge in [0.05, 0.1) is 0 Å². The van der Waals surface area contributed by atoms with Gasteiger partial charge in [0, 0.05) is 37.9 Å². The number of unbranched alkanes of at least 4 members (excludes halogenated alkanes) is 6. The van der Waals surface area contributed by atoms with Crippen LogP contribution in [0, 0.1) is 0 Å². The molecule has 0 bridgehead atoms. The number of hydrogen-bond acceptors (Lipinski definition) is 2. The van der Waals surface area contributed by atoms with Gasteiger partial charge in [0.25, 0.3) is 0 Å². The first-order chi connectivity index (χ1) is 12.7. The highest BCUT2D eigenvalue weighted by atomic mass is 16.2. The molecule has 1 aromatic rings. The lowest BCUT2D eigenvalue weighted by atomic mass is 10.0. The Morgan fingerprint density at radius 2 is 1.58 bits per heavy atom. The number of nitrogens with one attached hydrogen (secondary N) is 1. The van der Waals surface area contributed by atoms with Crippen molar-refractivity contribution in [1.82, 2.24) is 9.80 Å². The molecule has 1 aliphatic rings. The SMILES string of the molecule is CCCCCCCCCC(C)N1CCN(C(=O)Nc2ccccc2)CC1. The minimum atomic E-state index is 0.0237. The molecule has 2 amide bonds. The Labute approximate surface area is 159 Å². The van der Waals surface area contributed by atoms with Crippen molar-refractivity contribution < 1.29 is 4.79 Å². The normalized spacial score (nSPS) is 16.5. The van der Waals surface area contributed by atoms with Crippen molar-refractivity contribution in [3.05, 3.63) is 30.3 Å². The minimum Gasteiger partial charge on any atom is -0.322 e. The summed E-state index contributed by atoms with van der Waals surface area (Å²) in [5.74, 6) is 0. The topological polar surface area (TPSA) is 35.6 Å². The van der Waals surface area contributed by atoms with Crippen molar-refractivity contribution in [2.75, 3.05) is 31.5 Å². The van der Waals surface area contributed by atoms with Gasteiger partial charge < -0.3 is 10.2 Å². The lowest BCUT2D eigenvalue weighted by molar-refractivity contribution is 0.114. The summed E-state index contributed by atoms with van der Waals surface area (Å²) in [7, 11) is 0. The molecule has 0 spiro atoms. The average molecular weight is 360 g/mol. The standard InChI is InChI=1S/C22H37N3O/c1-3-4-5-6-7-8-10-13-20(2)24-16-18-25(19-17-24)22(26)23-21-14-11-9-12-15-21/h9,11-12,14-15,20H,3-8,10,13,16-19H2,1-2H3,(H,23,26). The summed E-state index contributed by atoms with van der Waals surface area (Å²) in [6.07, 6.45) is 10.9. The fraction of sp³-hybridized carbons (Fsp3) is 0.682. The van der Waals surface area contributed by atoms with Gasteiger partial charge in [0.1, 0.15) is 0 Å².